The third kappa shape index (κ3) is 5.85. The Balaban J connectivity index is 2.79. The monoisotopic (exact) mass is 344 g/mol. The maximum atomic E-state index is 12.3. The lowest BCUT2D eigenvalue weighted by molar-refractivity contribution is -0.143. The van der Waals surface area contributed by atoms with E-state index in [2.05, 4.69) is 5.32 Å². The molecule has 122 valence electrons. The second-order valence-electron chi connectivity index (χ2n) is 6.08. The molecule has 0 radical (unpaired) electrons. The number of carbonyl (C=O) groups is 2. The first-order chi connectivity index (χ1) is 10.2. The molecule has 6 heteroatoms. The average Bonchev–Trinajstić information content (AvgIpc) is 2.40. The minimum atomic E-state index is -0.667. The van der Waals surface area contributed by atoms with E-state index in [-0.39, 0.29) is 0 Å². The highest BCUT2D eigenvalue weighted by atomic mass is 35.5. The summed E-state index contributed by atoms with van der Waals surface area (Å²) in [4.78, 5) is 26.0. The zero-order valence-corrected chi connectivity index (χ0v) is 14.8. The largest absolute Gasteiger partial charge is 0.334 e. The first kappa shape index (κ1) is 18.8. The number of rotatable bonds is 5. The predicted octanol–water partition coefficient (Wildman–Crippen LogP) is 4.07. The Kier molecular flexibility index (Phi) is 7.17. The fourth-order valence-electron chi connectivity index (χ4n) is 2.02. The summed E-state index contributed by atoms with van der Waals surface area (Å²) in [5, 5.41) is 3.29. The molecule has 0 fully saturated rings. The standard InChI is InChI=1S/C16H22Cl2N2O2/c1-10(2)8-20(9-11(3)4)16(22)15(21)19-12-5-6-13(17)14(18)7-12/h5-7,10-11H,8-9H2,1-4H3,(H,19,21). The van der Waals surface area contributed by atoms with Crippen LogP contribution in [0.1, 0.15) is 27.7 Å². The van der Waals surface area contributed by atoms with Gasteiger partial charge in [-0.05, 0) is 30.0 Å². The summed E-state index contributed by atoms with van der Waals surface area (Å²) in [5.74, 6) is -0.617. The summed E-state index contributed by atoms with van der Waals surface area (Å²) in [6, 6.07) is 4.70. The number of halogens is 2. The normalized spacial score (nSPS) is 10.9. The molecule has 0 atom stereocenters. The smallest absolute Gasteiger partial charge is 0.313 e. The number of nitrogens with zero attached hydrogens (tertiary/aromatic N) is 1. The average molecular weight is 345 g/mol. The molecule has 0 heterocycles. The summed E-state index contributed by atoms with van der Waals surface area (Å²) in [6.07, 6.45) is 0. The zero-order chi connectivity index (χ0) is 16.9. The minimum Gasteiger partial charge on any atom is -0.334 e. The third-order valence-corrected chi connectivity index (χ3v) is 3.57. The van der Waals surface area contributed by atoms with E-state index in [4.69, 9.17) is 23.2 Å². The Labute approximate surface area is 141 Å². The highest BCUT2D eigenvalue weighted by molar-refractivity contribution is 6.42. The van der Waals surface area contributed by atoms with Crippen LogP contribution in [0.25, 0.3) is 0 Å². The lowest BCUT2D eigenvalue weighted by Gasteiger charge is -2.25. The van der Waals surface area contributed by atoms with E-state index < -0.39 is 11.8 Å². The van der Waals surface area contributed by atoms with Crippen LogP contribution >= 0.6 is 23.2 Å². The Morgan fingerprint density at radius 2 is 1.59 bits per heavy atom. The van der Waals surface area contributed by atoms with Crippen LogP contribution in [-0.4, -0.2) is 29.8 Å². The van der Waals surface area contributed by atoms with Crippen molar-refractivity contribution in [3.05, 3.63) is 28.2 Å². The number of anilines is 1. The number of hydrogen-bond donors (Lipinski definition) is 1. The van der Waals surface area contributed by atoms with Crippen molar-refractivity contribution in [2.75, 3.05) is 18.4 Å². The third-order valence-electron chi connectivity index (χ3n) is 2.83. The van der Waals surface area contributed by atoms with Gasteiger partial charge in [0, 0.05) is 18.8 Å². The minimum absolute atomic E-state index is 0.292. The van der Waals surface area contributed by atoms with Crippen LogP contribution in [-0.2, 0) is 9.59 Å². The Bertz CT molecular complexity index is 535. The van der Waals surface area contributed by atoms with Crippen molar-refractivity contribution in [3.63, 3.8) is 0 Å². The highest BCUT2D eigenvalue weighted by Gasteiger charge is 2.23. The summed E-state index contributed by atoms with van der Waals surface area (Å²) in [7, 11) is 0. The van der Waals surface area contributed by atoms with Gasteiger partial charge >= 0.3 is 11.8 Å². The van der Waals surface area contributed by atoms with Gasteiger partial charge in [0.05, 0.1) is 10.0 Å². The number of carbonyl (C=O) groups excluding carboxylic acids is 2. The molecule has 0 unspecified atom stereocenters. The molecule has 22 heavy (non-hydrogen) atoms. The van der Waals surface area contributed by atoms with Gasteiger partial charge in [-0.1, -0.05) is 50.9 Å². The van der Waals surface area contributed by atoms with E-state index >= 15 is 0 Å². The van der Waals surface area contributed by atoms with Crippen LogP contribution < -0.4 is 5.32 Å². The summed E-state index contributed by atoms with van der Waals surface area (Å²) >= 11 is 11.7. The molecule has 4 nitrogen and oxygen atoms in total. The van der Waals surface area contributed by atoms with Crippen molar-refractivity contribution < 1.29 is 9.59 Å². The van der Waals surface area contributed by atoms with Crippen LogP contribution in [0, 0.1) is 11.8 Å². The van der Waals surface area contributed by atoms with Crippen LogP contribution in [0.15, 0.2) is 18.2 Å². The molecule has 0 saturated carbocycles. The van der Waals surface area contributed by atoms with E-state index in [9.17, 15) is 9.59 Å². The molecule has 1 rings (SSSR count). The molecular formula is C16H22Cl2N2O2. The SMILES string of the molecule is CC(C)CN(CC(C)C)C(=O)C(=O)Nc1ccc(Cl)c(Cl)c1. The summed E-state index contributed by atoms with van der Waals surface area (Å²) < 4.78 is 0. The molecule has 0 aliphatic heterocycles. The van der Waals surface area contributed by atoms with Gasteiger partial charge in [-0.3, -0.25) is 9.59 Å². The second-order valence-corrected chi connectivity index (χ2v) is 6.90. The molecule has 1 aromatic carbocycles. The number of benzene rings is 1. The molecule has 0 aliphatic carbocycles. The second kappa shape index (κ2) is 8.39. The molecule has 0 aliphatic rings. The van der Waals surface area contributed by atoms with Gasteiger partial charge in [0.25, 0.3) is 0 Å². The van der Waals surface area contributed by atoms with E-state index in [1.807, 2.05) is 27.7 Å². The molecule has 0 aromatic heterocycles. The highest BCUT2D eigenvalue weighted by Crippen LogP contribution is 2.25. The van der Waals surface area contributed by atoms with E-state index in [0.717, 1.165) is 0 Å². The molecule has 1 N–H and O–H groups in total. The predicted molar refractivity (Wildman–Crippen MR) is 91.3 cm³/mol. The van der Waals surface area contributed by atoms with Crippen molar-refractivity contribution >= 4 is 40.7 Å². The molecular weight excluding hydrogens is 323 g/mol. The molecule has 1 aromatic rings. The van der Waals surface area contributed by atoms with Gasteiger partial charge in [0.15, 0.2) is 0 Å². The molecule has 0 spiro atoms. The fourth-order valence-corrected chi connectivity index (χ4v) is 2.32. The van der Waals surface area contributed by atoms with Gasteiger partial charge < -0.3 is 10.2 Å². The number of hydrogen-bond acceptors (Lipinski definition) is 2. The van der Waals surface area contributed by atoms with Gasteiger partial charge in [0.1, 0.15) is 0 Å². The number of nitrogens with one attached hydrogen (secondary N) is 1. The maximum Gasteiger partial charge on any atom is 0.313 e. The maximum absolute atomic E-state index is 12.3. The van der Waals surface area contributed by atoms with Crippen molar-refractivity contribution in [2.45, 2.75) is 27.7 Å². The van der Waals surface area contributed by atoms with Crippen LogP contribution in [0.5, 0.6) is 0 Å². The van der Waals surface area contributed by atoms with Crippen LogP contribution in [0.3, 0.4) is 0 Å². The molecule has 2 amide bonds. The summed E-state index contributed by atoms with van der Waals surface area (Å²) in [5.41, 5.74) is 0.446. The number of amides is 2. The lowest BCUT2D eigenvalue weighted by atomic mass is 10.1. The Morgan fingerprint density at radius 3 is 2.05 bits per heavy atom. The van der Waals surface area contributed by atoms with Crippen molar-refractivity contribution in [1.82, 2.24) is 4.90 Å². The molecule has 0 saturated heterocycles. The zero-order valence-electron chi connectivity index (χ0n) is 13.3. The quantitative estimate of drug-likeness (QED) is 0.818. The van der Waals surface area contributed by atoms with Crippen molar-refractivity contribution in [3.8, 4) is 0 Å². The Morgan fingerprint density at radius 1 is 1.05 bits per heavy atom. The fraction of sp³-hybridized carbons (Fsp3) is 0.500. The van der Waals surface area contributed by atoms with Gasteiger partial charge in [-0.2, -0.15) is 0 Å². The van der Waals surface area contributed by atoms with Crippen molar-refractivity contribution in [1.29, 1.82) is 0 Å². The first-order valence-electron chi connectivity index (χ1n) is 7.26. The lowest BCUT2D eigenvalue weighted by Crippen LogP contribution is -2.43. The first-order valence-corrected chi connectivity index (χ1v) is 8.01. The Hall–Kier alpha value is -1.26. The van der Waals surface area contributed by atoms with E-state index in [0.29, 0.717) is 40.7 Å². The van der Waals surface area contributed by atoms with Gasteiger partial charge in [0.2, 0.25) is 0 Å². The van der Waals surface area contributed by atoms with Gasteiger partial charge in [-0.25, -0.2) is 0 Å². The van der Waals surface area contributed by atoms with Gasteiger partial charge in [-0.15, -0.1) is 0 Å². The van der Waals surface area contributed by atoms with Crippen LogP contribution in [0.2, 0.25) is 10.0 Å². The van der Waals surface area contributed by atoms with E-state index in [1.165, 1.54) is 6.07 Å². The molecule has 0 bridgehead atoms. The van der Waals surface area contributed by atoms with E-state index in [1.54, 1.807) is 17.0 Å². The summed E-state index contributed by atoms with van der Waals surface area (Å²) in [6.45, 7) is 9.14. The van der Waals surface area contributed by atoms with Crippen molar-refractivity contribution in [2.24, 2.45) is 11.8 Å². The topological polar surface area (TPSA) is 49.4 Å². The van der Waals surface area contributed by atoms with Crippen LogP contribution in [0.4, 0.5) is 5.69 Å².